The van der Waals surface area contributed by atoms with Gasteiger partial charge in [-0.3, -0.25) is 9.78 Å². The highest BCUT2D eigenvalue weighted by molar-refractivity contribution is 5.94. The molecule has 1 unspecified atom stereocenters. The molecule has 0 saturated carbocycles. The minimum absolute atomic E-state index is 0.152. The first-order valence-corrected chi connectivity index (χ1v) is 8.80. The van der Waals surface area contributed by atoms with Crippen molar-refractivity contribution >= 4 is 11.6 Å². The lowest BCUT2D eigenvalue weighted by Gasteiger charge is -2.37. The lowest BCUT2D eigenvalue weighted by Crippen LogP contribution is -2.39. The van der Waals surface area contributed by atoms with Crippen LogP contribution in [0.1, 0.15) is 62.2 Å². The van der Waals surface area contributed by atoms with Crippen LogP contribution in [0.2, 0.25) is 0 Å². The third kappa shape index (κ3) is 3.26. The number of nitrogens with zero attached hydrogens (tertiary/aromatic N) is 3. The SMILES string of the molecule is CCC1CCCCN1c1cncc(C(=O)N2CCCCC2)c1. The molecule has 0 N–H and O–H groups in total. The minimum Gasteiger partial charge on any atom is -0.367 e. The van der Waals surface area contributed by atoms with Gasteiger partial charge in [0.1, 0.15) is 0 Å². The van der Waals surface area contributed by atoms with E-state index in [1.54, 1.807) is 6.20 Å². The predicted octanol–water partition coefficient (Wildman–Crippen LogP) is 3.48. The van der Waals surface area contributed by atoms with Crippen LogP contribution in [-0.2, 0) is 0 Å². The number of carbonyl (C=O) groups is 1. The number of carbonyl (C=O) groups excluding carboxylic acids is 1. The van der Waals surface area contributed by atoms with Crippen molar-refractivity contribution in [3.8, 4) is 0 Å². The van der Waals surface area contributed by atoms with Gasteiger partial charge in [0.05, 0.1) is 17.4 Å². The predicted molar refractivity (Wildman–Crippen MR) is 89.3 cm³/mol. The summed E-state index contributed by atoms with van der Waals surface area (Å²) >= 11 is 0. The Bertz CT molecular complexity index is 511. The Kier molecular flexibility index (Phi) is 4.96. The zero-order valence-corrected chi connectivity index (χ0v) is 13.6. The first-order chi connectivity index (χ1) is 10.8. The molecule has 1 atom stereocenters. The molecule has 1 aromatic heterocycles. The number of anilines is 1. The van der Waals surface area contributed by atoms with Crippen LogP contribution in [0.3, 0.4) is 0 Å². The summed E-state index contributed by atoms with van der Waals surface area (Å²) in [5.41, 5.74) is 1.87. The summed E-state index contributed by atoms with van der Waals surface area (Å²) in [6, 6.07) is 2.65. The molecule has 2 saturated heterocycles. The van der Waals surface area contributed by atoms with E-state index in [-0.39, 0.29) is 5.91 Å². The maximum absolute atomic E-state index is 12.7. The van der Waals surface area contributed by atoms with Crippen LogP contribution in [0.25, 0.3) is 0 Å². The largest absolute Gasteiger partial charge is 0.367 e. The van der Waals surface area contributed by atoms with E-state index in [1.807, 2.05) is 11.1 Å². The number of likely N-dealkylation sites (tertiary alicyclic amines) is 1. The maximum Gasteiger partial charge on any atom is 0.255 e. The van der Waals surface area contributed by atoms with Crippen LogP contribution >= 0.6 is 0 Å². The fourth-order valence-corrected chi connectivity index (χ4v) is 3.75. The van der Waals surface area contributed by atoms with Gasteiger partial charge in [-0.05, 0) is 51.0 Å². The van der Waals surface area contributed by atoms with Crippen molar-refractivity contribution in [2.24, 2.45) is 0 Å². The zero-order valence-electron chi connectivity index (χ0n) is 13.6. The molecule has 4 heteroatoms. The Hall–Kier alpha value is -1.58. The molecule has 0 aromatic carbocycles. The molecule has 0 aliphatic carbocycles. The molecular weight excluding hydrogens is 274 g/mol. The average molecular weight is 301 g/mol. The third-order valence-corrected chi connectivity index (χ3v) is 5.04. The monoisotopic (exact) mass is 301 g/mol. The van der Waals surface area contributed by atoms with Gasteiger partial charge in [0, 0.05) is 31.9 Å². The molecular formula is C18H27N3O. The van der Waals surface area contributed by atoms with Crippen molar-refractivity contribution in [1.29, 1.82) is 0 Å². The van der Waals surface area contributed by atoms with E-state index in [9.17, 15) is 4.79 Å². The van der Waals surface area contributed by atoms with Gasteiger partial charge in [-0.15, -0.1) is 0 Å². The Morgan fingerprint density at radius 1 is 1.14 bits per heavy atom. The highest BCUT2D eigenvalue weighted by atomic mass is 16.2. The van der Waals surface area contributed by atoms with E-state index in [0.717, 1.165) is 50.1 Å². The Balaban J connectivity index is 1.78. The van der Waals surface area contributed by atoms with Crippen LogP contribution in [0.15, 0.2) is 18.5 Å². The summed E-state index contributed by atoms with van der Waals surface area (Å²) in [6.45, 7) is 5.12. The van der Waals surface area contributed by atoms with Gasteiger partial charge >= 0.3 is 0 Å². The van der Waals surface area contributed by atoms with Crippen molar-refractivity contribution < 1.29 is 4.79 Å². The van der Waals surface area contributed by atoms with Crippen LogP contribution in [-0.4, -0.2) is 41.5 Å². The topological polar surface area (TPSA) is 36.4 Å². The molecule has 0 radical (unpaired) electrons. The second-order valence-corrected chi connectivity index (χ2v) is 6.54. The number of hydrogen-bond acceptors (Lipinski definition) is 3. The average Bonchev–Trinajstić information content (AvgIpc) is 2.62. The summed E-state index contributed by atoms with van der Waals surface area (Å²) in [6.07, 6.45) is 12.1. The highest BCUT2D eigenvalue weighted by Gasteiger charge is 2.23. The fourth-order valence-electron chi connectivity index (χ4n) is 3.75. The van der Waals surface area contributed by atoms with Crippen LogP contribution in [0.4, 0.5) is 5.69 Å². The highest BCUT2D eigenvalue weighted by Crippen LogP contribution is 2.27. The molecule has 120 valence electrons. The first-order valence-electron chi connectivity index (χ1n) is 8.80. The lowest BCUT2D eigenvalue weighted by molar-refractivity contribution is 0.0724. The normalized spacial score (nSPS) is 22.7. The molecule has 0 spiro atoms. The third-order valence-electron chi connectivity index (χ3n) is 5.04. The first kappa shape index (κ1) is 15.3. The zero-order chi connectivity index (χ0) is 15.4. The molecule has 1 amide bonds. The molecule has 2 aliphatic heterocycles. The standard InChI is InChI=1S/C18H27N3O/c1-2-16-8-4-7-11-21(16)17-12-15(13-19-14-17)18(22)20-9-5-3-6-10-20/h12-14,16H,2-11H2,1H3. The van der Waals surface area contributed by atoms with Crippen molar-refractivity contribution in [3.63, 3.8) is 0 Å². The number of piperidine rings is 2. The van der Waals surface area contributed by atoms with E-state index in [4.69, 9.17) is 0 Å². The minimum atomic E-state index is 0.152. The number of rotatable bonds is 3. The Morgan fingerprint density at radius 3 is 2.68 bits per heavy atom. The van der Waals surface area contributed by atoms with Crippen molar-refractivity contribution in [1.82, 2.24) is 9.88 Å². The number of amides is 1. The van der Waals surface area contributed by atoms with Crippen LogP contribution in [0.5, 0.6) is 0 Å². The van der Waals surface area contributed by atoms with Gasteiger partial charge < -0.3 is 9.80 Å². The van der Waals surface area contributed by atoms with Gasteiger partial charge in [-0.1, -0.05) is 6.92 Å². The Labute approximate surface area is 133 Å². The quantitative estimate of drug-likeness (QED) is 0.857. The molecule has 22 heavy (non-hydrogen) atoms. The summed E-state index contributed by atoms with van der Waals surface area (Å²) in [5.74, 6) is 0.152. The summed E-state index contributed by atoms with van der Waals surface area (Å²) in [7, 11) is 0. The molecule has 2 fully saturated rings. The second kappa shape index (κ2) is 7.12. The molecule has 4 nitrogen and oxygen atoms in total. The van der Waals surface area contributed by atoms with Crippen molar-refractivity contribution in [3.05, 3.63) is 24.0 Å². The lowest BCUT2D eigenvalue weighted by atomic mass is 9.99. The smallest absolute Gasteiger partial charge is 0.255 e. The molecule has 3 heterocycles. The van der Waals surface area contributed by atoms with Crippen molar-refractivity contribution in [2.75, 3.05) is 24.5 Å². The van der Waals surface area contributed by atoms with Gasteiger partial charge in [0.25, 0.3) is 5.91 Å². The van der Waals surface area contributed by atoms with E-state index in [1.165, 1.54) is 25.7 Å². The number of pyridine rings is 1. The summed E-state index contributed by atoms with van der Waals surface area (Å²) in [5, 5.41) is 0. The van der Waals surface area contributed by atoms with Gasteiger partial charge in [0.2, 0.25) is 0 Å². The summed E-state index contributed by atoms with van der Waals surface area (Å²) < 4.78 is 0. The van der Waals surface area contributed by atoms with E-state index in [2.05, 4.69) is 22.9 Å². The van der Waals surface area contributed by atoms with Crippen LogP contribution < -0.4 is 4.90 Å². The van der Waals surface area contributed by atoms with Gasteiger partial charge in [-0.25, -0.2) is 0 Å². The second-order valence-electron chi connectivity index (χ2n) is 6.54. The molecule has 2 aliphatic rings. The maximum atomic E-state index is 12.7. The van der Waals surface area contributed by atoms with E-state index < -0.39 is 0 Å². The van der Waals surface area contributed by atoms with Gasteiger partial charge in [0.15, 0.2) is 0 Å². The van der Waals surface area contributed by atoms with Crippen molar-refractivity contribution in [2.45, 2.75) is 57.9 Å². The van der Waals surface area contributed by atoms with Crippen LogP contribution in [0, 0.1) is 0 Å². The number of hydrogen-bond donors (Lipinski definition) is 0. The fraction of sp³-hybridized carbons (Fsp3) is 0.667. The van der Waals surface area contributed by atoms with E-state index >= 15 is 0 Å². The molecule has 3 rings (SSSR count). The van der Waals surface area contributed by atoms with E-state index in [0.29, 0.717) is 6.04 Å². The Morgan fingerprint density at radius 2 is 1.91 bits per heavy atom. The molecule has 1 aromatic rings. The number of aromatic nitrogens is 1. The summed E-state index contributed by atoms with van der Waals surface area (Å²) in [4.78, 5) is 21.4. The molecule has 0 bridgehead atoms. The van der Waals surface area contributed by atoms with Gasteiger partial charge in [-0.2, -0.15) is 0 Å².